The number of nitrogens with zero attached hydrogens (tertiary/aromatic N) is 3. The molecule has 51 heavy (non-hydrogen) atoms. The van der Waals surface area contributed by atoms with Gasteiger partial charge < -0.3 is 0 Å². The van der Waals surface area contributed by atoms with Gasteiger partial charge in [0.15, 0.2) is 0 Å². The van der Waals surface area contributed by atoms with Gasteiger partial charge in [-0.05, 0) is 129 Å². The summed E-state index contributed by atoms with van der Waals surface area (Å²) in [5.74, 6) is 0. The Morgan fingerprint density at radius 3 is 0.843 bits per heavy atom. The molecule has 0 aliphatic carbocycles. The van der Waals surface area contributed by atoms with E-state index in [9.17, 15) is 25.3 Å². The van der Waals surface area contributed by atoms with Crippen molar-refractivity contribution in [3.05, 3.63) is 123 Å². The molecular formula is C39H45N3O6S3. The van der Waals surface area contributed by atoms with Gasteiger partial charge in [0.1, 0.15) is 0 Å². The summed E-state index contributed by atoms with van der Waals surface area (Å²) in [5, 5.41) is 0. The van der Waals surface area contributed by atoms with Gasteiger partial charge in [0, 0.05) is 39.3 Å². The third kappa shape index (κ3) is 6.82. The molecular weight excluding hydrogens is 703 g/mol. The van der Waals surface area contributed by atoms with E-state index in [2.05, 4.69) is 0 Å². The quantitative estimate of drug-likeness (QED) is 0.239. The minimum absolute atomic E-state index is 0.149. The molecule has 7 rings (SSSR count). The number of fused-ring (bicyclic) bond motifs is 6. The summed E-state index contributed by atoms with van der Waals surface area (Å²) in [5.41, 5.74) is 8.68. The van der Waals surface area contributed by atoms with E-state index < -0.39 is 30.1 Å². The summed E-state index contributed by atoms with van der Waals surface area (Å²) in [6.45, 7) is 7.19. The Kier molecular flexibility index (Phi) is 9.79. The highest BCUT2D eigenvalue weighted by Crippen LogP contribution is 2.40. The lowest BCUT2D eigenvalue weighted by molar-refractivity contribution is 0.408. The Balaban J connectivity index is 1.37. The molecule has 0 aromatic heterocycles. The second-order valence-corrected chi connectivity index (χ2v) is 20.0. The van der Waals surface area contributed by atoms with Gasteiger partial charge in [-0.1, -0.05) is 53.1 Å². The molecule has 0 saturated heterocycles. The SMILES string of the molecule is Cc1ccc(S(=O)(=O)N2CCCc3c(c4c(c5c3CN(S(=O)(=O)c3ccc(C)cc3)CCC5)CN(S(=O)(=O)c3ccc(C)cc3)CCC4)C2)cc1. The zero-order valence-electron chi connectivity index (χ0n) is 29.4. The zero-order valence-corrected chi connectivity index (χ0v) is 31.9. The van der Waals surface area contributed by atoms with Crippen molar-refractivity contribution in [2.75, 3.05) is 19.6 Å². The van der Waals surface area contributed by atoms with Crippen molar-refractivity contribution in [3.63, 3.8) is 0 Å². The highest BCUT2D eigenvalue weighted by Gasteiger charge is 2.37. The van der Waals surface area contributed by atoms with Crippen molar-refractivity contribution in [2.45, 2.75) is 93.6 Å². The van der Waals surface area contributed by atoms with E-state index in [-0.39, 0.29) is 34.3 Å². The molecule has 9 nitrogen and oxygen atoms in total. The van der Waals surface area contributed by atoms with Crippen LogP contribution < -0.4 is 0 Å². The molecule has 0 saturated carbocycles. The Labute approximate surface area is 303 Å². The number of hydrogen-bond acceptors (Lipinski definition) is 6. The average Bonchev–Trinajstić information content (AvgIpc) is 3.57. The fraction of sp³-hybridized carbons (Fsp3) is 0.385. The van der Waals surface area contributed by atoms with Gasteiger partial charge in [-0.2, -0.15) is 12.9 Å². The van der Waals surface area contributed by atoms with Crippen LogP contribution >= 0.6 is 0 Å². The minimum atomic E-state index is -3.84. The third-order valence-corrected chi connectivity index (χ3v) is 16.2. The minimum Gasteiger partial charge on any atom is -0.207 e. The molecule has 0 atom stereocenters. The first-order valence-electron chi connectivity index (χ1n) is 17.6. The summed E-state index contributed by atoms with van der Waals surface area (Å²) in [6.07, 6.45) is 3.57. The molecule has 3 heterocycles. The normalized spacial score (nSPS) is 18.2. The monoisotopic (exact) mass is 747 g/mol. The second-order valence-electron chi connectivity index (χ2n) is 14.1. The van der Waals surface area contributed by atoms with E-state index in [1.807, 2.05) is 20.8 Å². The van der Waals surface area contributed by atoms with Crippen LogP contribution in [0.25, 0.3) is 0 Å². The first-order chi connectivity index (χ1) is 24.3. The van der Waals surface area contributed by atoms with Crippen LogP contribution in [0.3, 0.4) is 0 Å². The van der Waals surface area contributed by atoms with Crippen LogP contribution in [0.5, 0.6) is 0 Å². The zero-order chi connectivity index (χ0) is 36.1. The molecule has 3 aliphatic rings. The van der Waals surface area contributed by atoms with Gasteiger partial charge in [-0.3, -0.25) is 0 Å². The van der Waals surface area contributed by atoms with Gasteiger partial charge in [0.2, 0.25) is 30.1 Å². The molecule has 4 aromatic rings. The maximum atomic E-state index is 14.1. The third-order valence-electron chi connectivity index (χ3n) is 10.7. The van der Waals surface area contributed by atoms with Crippen molar-refractivity contribution in [3.8, 4) is 0 Å². The lowest BCUT2D eigenvalue weighted by Gasteiger charge is -2.28. The molecule has 3 aliphatic heterocycles. The van der Waals surface area contributed by atoms with Crippen molar-refractivity contribution in [1.29, 1.82) is 0 Å². The van der Waals surface area contributed by atoms with Gasteiger partial charge in [0.05, 0.1) is 14.7 Å². The second kappa shape index (κ2) is 13.9. The van der Waals surface area contributed by atoms with Crippen LogP contribution in [0, 0.1) is 20.8 Å². The van der Waals surface area contributed by atoms with E-state index in [1.165, 1.54) is 0 Å². The van der Waals surface area contributed by atoms with Crippen LogP contribution in [-0.2, 0) is 69.0 Å². The lowest BCUT2D eigenvalue weighted by Crippen LogP contribution is -2.32. The molecule has 0 unspecified atom stereocenters. The van der Waals surface area contributed by atoms with Gasteiger partial charge in [0.25, 0.3) is 0 Å². The Bertz CT molecular complexity index is 2010. The molecule has 0 bridgehead atoms. The molecule has 0 amide bonds. The Hall–Kier alpha value is -3.39. The first-order valence-corrected chi connectivity index (χ1v) is 22.0. The molecule has 0 N–H and O–H groups in total. The molecule has 4 aromatic carbocycles. The van der Waals surface area contributed by atoms with Crippen LogP contribution in [0.4, 0.5) is 0 Å². The van der Waals surface area contributed by atoms with E-state index in [0.717, 1.165) is 50.1 Å². The molecule has 0 fully saturated rings. The van der Waals surface area contributed by atoms with Crippen LogP contribution in [0.15, 0.2) is 87.5 Å². The van der Waals surface area contributed by atoms with Crippen LogP contribution in [0.2, 0.25) is 0 Å². The number of hydrogen-bond donors (Lipinski definition) is 0. The van der Waals surface area contributed by atoms with Gasteiger partial charge >= 0.3 is 0 Å². The van der Waals surface area contributed by atoms with E-state index in [4.69, 9.17) is 0 Å². The van der Waals surface area contributed by atoms with E-state index in [0.29, 0.717) is 58.2 Å². The molecule has 0 spiro atoms. The summed E-state index contributed by atoms with van der Waals surface area (Å²) in [6, 6.07) is 20.7. The van der Waals surface area contributed by atoms with Crippen molar-refractivity contribution in [2.24, 2.45) is 0 Å². The van der Waals surface area contributed by atoms with Gasteiger partial charge in [-0.25, -0.2) is 25.3 Å². The van der Waals surface area contributed by atoms with E-state index >= 15 is 0 Å². The standard InChI is InChI=1S/C39H45N3O6S3/c1-28-10-16-31(17-11-28)49(43,44)40-22-4-7-34-37(25-40)35-8-5-23-41(50(45,46)32-18-12-29(2)13-19-32)27-39(35)36-9-6-24-42(26-38(34)36)51(47,48)33-20-14-30(3)15-21-33/h10-21H,4-9,22-27H2,1-3H3. The summed E-state index contributed by atoms with van der Waals surface area (Å²) in [4.78, 5) is 0.717. The average molecular weight is 748 g/mol. The Morgan fingerprint density at radius 1 is 0.373 bits per heavy atom. The molecule has 270 valence electrons. The largest absolute Gasteiger partial charge is 0.243 e. The van der Waals surface area contributed by atoms with Crippen molar-refractivity contribution in [1.82, 2.24) is 12.9 Å². The summed E-state index contributed by atoms with van der Waals surface area (Å²) >= 11 is 0. The predicted molar refractivity (Wildman–Crippen MR) is 198 cm³/mol. The topological polar surface area (TPSA) is 112 Å². The smallest absolute Gasteiger partial charge is 0.207 e. The van der Waals surface area contributed by atoms with Crippen LogP contribution in [-0.4, -0.2) is 57.8 Å². The summed E-state index contributed by atoms with van der Waals surface area (Å²) < 4.78 is 89.4. The lowest BCUT2D eigenvalue weighted by atomic mass is 9.83. The Morgan fingerprint density at radius 2 is 0.608 bits per heavy atom. The molecule has 12 heteroatoms. The summed E-state index contributed by atoms with van der Waals surface area (Å²) in [7, 11) is -11.5. The predicted octanol–water partition coefficient (Wildman–Crippen LogP) is 6.02. The van der Waals surface area contributed by atoms with Gasteiger partial charge in [-0.15, -0.1) is 0 Å². The number of aryl methyl sites for hydroxylation is 3. The molecule has 0 radical (unpaired) electrons. The fourth-order valence-corrected chi connectivity index (χ4v) is 12.2. The fourth-order valence-electron chi connectivity index (χ4n) is 7.83. The van der Waals surface area contributed by atoms with Crippen molar-refractivity contribution >= 4 is 30.1 Å². The maximum absolute atomic E-state index is 14.1. The highest BCUT2D eigenvalue weighted by atomic mass is 32.2. The first kappa shape index (κ1) is 36.0. The van der Waals surface area contributed by atoms with E-state index in [1.54, 1.807) is 85.7 Å². The number of sulfonamides is 3. The number of rotatable bonds is 6. The van der Waals surface area contributed by atoms with Crippen molar-refractivity contribution < 1.29 is 25.3 Å². The number of benzene rings is 4. The maximum Gasteiger partial charge on any atom is 0.243 e. The van der Waals surface area contributed by atoms with Crippen LogP contribution in [0.1, 0.15) is 69.3 Å². The highest BCUT2D eigenvalue weighted by molar-refractivity contribution is 7.89.